The predicted octanol–water partition coefficient (Wildman–Crippen LogP) is 4.63. The summed E-state index contributed by atoms with van der Waals surface area (Å²) in [6, 6.07) is 14.9. The van der Waals surface area contributed by atoms with Gasteiger partial charge in [0.25, 0.3) is 0 Å². The minimum atomic E-state index is -0.115. The van der Waals surface area contributed by atoms with E-state index < -0.39 is 0 Å². The number of benzene rings is 2. The highest BCUT2D eigenvalue weighted by molar-refractivity contribution is 8.01. The van der Waals surface area contributed by atoms with Crippen molar-refractivity contribution in [1.82, 2.24) is 4.98 Å². The van der Waals surface area contributed by atoms with E-state index in [-0.39, 0.29) is 24.0 Å². The molecule has 8 heteroatoms. The van der Waals surface area contributed by atoms with Crippen molar-refractivity contribution in [3.05, 3.63) is 65.2 Å². The Bertz CT molecular complexity index is 1000. The third kappa shape index (κ3) is 6.33. The fraction of sp³-hybridized carbons (Fsp3) is 0.227. The lowest BCUT2D eigenvalue weighted by atomic mass is 10.1. The van der Waals surface area contributed by atoms with Crippen LogP contribution in [0.25, 0.3) is 0 Å². The molecule has 0 saturated carbocycles. The Labute approximate surface area is 184 Å². The van der Waals surface area contributed by atoms with E-state index in [1.165, 1.54) is 23.1 Å². The molecule has 0 aliphatic rings. The van der Waals surface area contributed by atoms with E-state index in [1.807, 2.05) is 29.6 Å². The number of hydrogen-bond acceptors (Lipinski definition) is 6. The summed E-state index contributed by atoms with van der Waals surface area (Å²) in [4.78, 5) is 28.9. The van der Waals surface area contributed by atoms with E-state index in [2.05, 4.69) is 22.5 Å². The standard InChI is InChI=1S/C22H23N3O3S2/c1-3-15-6-4-5-7-19(15)25-20(26)12-17-13-29-22(24-17)30-14-21(27)23-16-8-10-18(28-2)11-9-16/h4-11,13H,3,12,14H2,1-2H3,(H,23,27)(H,25,26). The van der Waals surface area contributed by atoms with Crippen LogP contribution in [0.2, 0.25) is 0 Å². The van der Waals surface area contributed by atoms with Gasteiger partial charge in [-0.1, -0.05) is 36.9 Å². The second-order valence-electron chi connectivity index (χ2n) is 6.41. The Kier molecular flexibility index (Phi) is 7.87. The maximum absolute atomic E-state index is 12.3. The number of carbonyl (C=O) groups is 2. The van der Waals surface area contributed by atoms with Gasteiger partial charge in [-0.05, 0) is 42.3 Å². The summed E-state index contributed by atoms with van der Waals surface area (Å²) >= 11 is 2.79. The van der Waals surface area contributed by atoms with Crippen LogP contribution < -0.4 is 15.4 Å². The molecule has 3 aromatic rings. The number of methoxy groups -OCH3 is 1. The maximum Gasteiger partial charge on any atom is 0.234 e. The second-order valence-corrected chi connectivity index (χ2v) is 8.49. The Morgan fingerprint density at radius 2 is 1.83 bits per heavy atom. The summed E-state index contributed by atoms with van der Waals surface area (Å²) in [5, 5.41) is 7.64. The molecule has 0 aliphatic carbocycles. The Hall–Kier alpha value is -2.84. The minimum absolute atomic E-state index is 0.102. The number of para-hydroxylation sites is 1. The number of aryl methyl sites for hydroxylation is 1. The van der Waals surface area contributed by atoms with Crippen molar-refractivity contribution in [2.45, 2.75) is 24.1 Å². The summed E-state index contributed by atoms with van der Waals surface area (Å²) < 4.78 is 5.86. The van der Waals surface area contributed by atoms with Crippen molar-refractivity contribution in [2.24, 2.45) is 0 Å². The van der Waals surface area contributed by atoms with Crippen LogP contribution in [0.5, 0.6) is 5.75 Å². The average Bonchev–Trinajstić information content (AvgIpc) is 3.20. The van der Waals surface area contributed by atoms with E-state index in [4.69, 9.17) is 4.74 Å². The zero-order chi connectivity index (χ0) is 21.3. The molecule has 1 heterocycles. The monoisotopic (exact) mass is 441 g/mol. The van der Waals surface area contributed by atoms with Crippen molar-refractivity contribution in [3.63, 3.8) is 0 Å². The Balaban J connectivity index is 1.47. The molecule has 0 radical (unpaired) electrons. The Morgan fingerprint density at radius 3 is 2.57 bits per heavy atom. The molecule has 0 aliphatic heterocycles. The first-order valence-electron chi connectivity index (χ1n) is 9.46. The van der Waals surface area contributed by atoms with Crippen LogP contribution >= 0.6 is 23.1 Å². The van der Waals surface area contributed by atoms with Crippen molar-refractivity contribution >= 4 is 46.3 Å². The van der Waals surface area contributed by atoms with Gasteiger partial charge in [-0.2, -0.15) is 0 Å². The highest BCUT2D eigenvalue weighted by Crippen LogP contribution is 2.24. The molecule has 2 amide bonds. The minimum Gasteiger partial charge on any atom is -0.497 e. The zero-order valence-corrected chi connectivity index (χ0v) is 18.4. The van der Waals surface area contributed by atoms with Gasteiger partial charge in [0.15, 0.2) is 4.34 Å². The van der Waals surface area contributed by atoms with Gasteiger partial charge in [0.2, 0.25) is 11.8 Å². The van der Waals surface area contributed by atoms with Gasteiger partial charge in [0, 0.05) is 16.8 Å². The number of aromatic nitrogens is 1. The number of hydrogen-bond donors (Lipinski definition) is 2. The summed E-state index contributed by atoms with van der Waals surface area (Å²) in [5.74, 6) is 0.764. The SMILES string of the molecule is CCc1ccccc1NC(=O)Cc1csc(SCC(=O)Nc2ccc(OC)cc2)n1. The first-order chi connectivity index (χ1) is 14.6. The molecular weight excluding hydrogens is 418 g/mol. The van der Waals surface area contributed by atoms with Crippen molar-refractivity contribution < 1.29 is 14.3 Å². The molecular formula is C22H23N3O3S2. The van der Waals surface area contributed by atoms with E-state index in [0.717, 1.165) is 27.8 Å². The lowest BCUT2D eigenvalue weighted by Gasteiger charge is -2.08. The number of rotatable bonds is 9. The average molecular weight is 442 g/mol. The number of amides is 2. The molecule has 2 aromatic carbocycles. The van der Waals surface area contributed by atoms with E-state index in [9.17, 15) is 9.59 Å². The number of ether oxygens (including phenoxy) is 1. The number of nitrogens with zero attached hydrogens (tertiary/aromatic N) is 1. The molecule has 0 saturated heterocycles. The van der Waals surface area contributed by atoms with Gasteiger partial charge < -0.3 is 15.4 Å². The smallest absolute Gasteiger partial charge is 0.234 e. The van der Waals surface area contributed by atoms with E-state index in [1.54, 1.807) is 31.4 Å². The fourth-order valence-electron chi connectivity index (χ4n) is 2.74. The van der Waals surface area contributed by atoms with Gasteiger partial charge in [-0.15, -0.1) is 11.3 Å². The molecule has 0 fully saturated rings. The number of thioether (sulfide) groups is 1. The normalized spacial score (nSPS) is 10.5. The highest BCUT2D eigenvalue weighted by Gasteiger charge is 2.11. The van der Waals surface area contributed by atoms with Crippen LogP contribution in [-0.4, -0.2) is 29.7 Å². The molecule has 0 spiro atoms. The molecule has 30 heavy (non-hydrogen) atoms. The van der Waals surface area contributed by atoms with Gasteiger partial charge in [0.05, 0.1) is 25.0 Å². The third-order valence-corrected chi connectivity index (χ3v) is 6.32. The summed E-state index contributed by atoms with van der Waals surface area (Å²) in [7, 11) is 1.60. The van der Waals surface area contributed by atoms with Gasteiger partial charge >= 0.3 is 0 Å². The highest BCUT2D eigenvalue weighted by atomic mass is 32.2. The van der Waals surface area contributed by atoms with Crippen LogP contribution in [0, 0.1) is 0 Å². The lowest BCUT2D eigenvalue weighted by molar-refractivity contribution is -0.116. The summed E-state index contributed by atoms with van der Waals surface area (Å²) in [6.45, 7) is 2.06. The van der Waals surface area contributed by atoms with Crippen molar-refractivity contribution in [1.29, 1.82) is 0 Å². The molecule has 0 atom stereocenters. The number of carbonyl (C=O) groups excluding carboxylic acids is 2. The largest absolute Gasteiger partial charge is 0.497 e. The topological polar surface area (TPSA) is 80.3 Å². The third-order valence-electron chi connectivity index (χ3n) is 4.25. The molecule has 2 N–H and O–H groups in total. The zero-order valence-electron chi connectivity index (χ0n) is 16.8. The van der Waals surface area contributed by atoms with E-state index in [0.29, 0.717) is 11.4 Å². The Morgan fingerprint density at radius 1 is 1.07 bits per heavy atom. The maximum atomic E-state index is 12.3. The van der Waals surface area contributed by atoms with E-state index >= 15 is 0 Å². The van der Waals surface area contributed by atoms with Crippen LogP contribution in [0.4, 0.5) is 11.4 Å². The molecule has 156 valence electrons. The van der Waals surface area contributed by atoms with Crippen molar-refractivity contribution in [2.75, 3.05) is 23.5 Å². The van der Waals surface area contributed by atoms with Crippen LogP contribution in [0.15, 0.2) is 58.3 Å². The molecule has 6 nitrogen and oxygen atoms in total. The first-order valence-corrected chi connectivity index (χ1v) is 11.3. The predicted molar refractivity (Wildman–Crippen MR) is 123 cm³/mol. The molecule has 0 unspecified atom stereocenters. The van der Waals surface area contributed by atoms with Crippen molar-refractivity contribution in [3.8, 4) is 5.75 Å². The van der Waals surface area contributed by atoms with Crippen LogP contribution in [0.3, 0.4) is 0 Å². The fourth-order valence-corrected chi connectivity index (χ4v) is 4.39. The van der Waals surface area contributed by atoms with Gasteiger partial charge in [-0.25, -0.2) is 4.98 Å². The molecule has 0 bridgehead atoms. The number of thiazole rings is 1. The number of nitrogens with one attached hydrogen (secondary N) is 2. The quantitative estimate of drug-likeness (QED) is 0.474. The summed E-state index contributed by atoms with van der Waals surface area (Å²) in [5.41, 5.74) is 3.35. The summed E-state index contributed by atoms with van der Waals surface area (Å²) in [6.07, 6.45) is 1.06. The molecule has 3 rings (SSSR count). The van der Waals surface area contributed by atoms with Crippen LogP contribution in [0.1, 0.15) is 18.2 Å². The molecule has 1 aromatic heterocycles. The van der Waals surface area contributed by atoms with Gasteiger partial charge in [0.1, 0.15) is 5.75 Å². The van der Waals surface area contributed by atoms with Crippen LogP contribution in [-0.2, 0) is 22.4 Å². The second kappa shape index (κ2) is 10.8. The number of anilines is 2. The first kappa shape index (κ1) is 21.9. The van der Waals surface area contributed by atoms with Gasteiger partial charge in [-0.3, -0.25) is 9.59 Å². The lowest BCUT2D eigenvalue weighted by Crippen LogP contribution is -2.15.